The molecule has 0 aromatic heterocycles. The summed E-state index contributed by atoms with van der Waals surface area (Å²) < 4.78 is 0. The second-order valence-electron chi connectivity index (χ2n) is 14.3. The van der Waals surface area contributed by atoms with Gasteiger partial charge in [0.2, 0.25) is 0 Å². The number of aliphatic hydroxyl groups excluding tert-OH is 1. The van der Waals surface area contributed by atoms with Crippen molar-refractivity contribution >= 4 is 0 Å². The maximum absolute atomic E-state index is 12.9. The van der Waals surface area contributed by atoms with E-state index in [9.17, 15) is 10.2 Å². The van der Waals surface area contributed by atoms with E-state index < -0.39 is 11.7 Å². The van der Waals surface area contributed by atoms with Gasteiger partial charge in [0.05, 0.1) is 6.10 Å². The van der Waals surface area contributed by atoms with Gasteiger partial charge in [0.15, 0.2) is 0 Å². The molecule has 0 radical (unpaired) electrons. The first kappa shape index (κ1) is 21.7. The summed E-state index contributed by atoms with van der Waals surface area (Å²) in [5, 5.41) is 24.9. The van der Waals surface area contributed by atoms with Crippen LogP contribution in [0.15, 0.2) is 33.4 Å². The van der Waals surface area contributed by atoms with Gasteiger partial charge in [-0.2, -0.15) is 0 Å². The third-order valence-corrected chi connectivity index (χ3v) is 12.9. The van der Waals surface area contributed by atoms with Crippen molar-refractivity contribution in [2.24, 2.45) is 45.3 Å². The average molecular weight is 437 g/mol. The SMILES string of the molecule is CC1=C2CC(CC1C1(C3(O)C(C)=C4CC(C3O)C4(C)C)CC3CC(=C1C)C3(C)C)C2(C)C. The number of rotatable bonds is 2. The van der Waals surface area contributed by atoms with Gasteiger partial charge in [-0.15, -0.1) is 0 Å². The Bertz CT molecular complexity index is 1030. The van der Waals surface area contributed by atoms with Crippen LogP contribution in [0.4, 0.5) is 0 Å². The normalized spacial score (nSPS) is 49.4. The molecule has 3 fully saturated rings. The molecule has 176 valence electrons. The number of hydrogen-bond donors (Lipinski definition) is 2. The molecule has 7 unspecified atom stereocenters. The number of aliphatic hydroxyl groups is 2. The summed E-state index contributed by atoms with van der Waals surface area (Å²) >= 11 is 0. The highest BCUT2D eigenvalue weighted by Crippen LogP contribution is 2.76. The molecule has 0 aromatic rings. The zero-order valence-corrected chi connectivity index (χ0v) is 21.8. The van der Waals surface area contributed by atoms with E-state index in [1.54, 1.807) is 11.1 Å². The molecule has 0 heterocycles. The lowest BCUT2D eigenvalue weighted by Crippen LogP contribution is -2.73. The van der Waals surface area contributed by atoms with Gasteiger partial charge in [-0.1, -0.05) is 69.4 Å². The molecule has 0 spiro atoms. The largest absolute Gasteiger partial charge is 0.389 e. The van der Waals surface area contributed by atoms with Gasteiger partial charge >= 0.3 is 0 Å². The van der Waals surface area contributed by atoms with E-state index in [4.69, 9.17) is 0 Å². The van der Waals surface area contributed by atoms with Gasteiger partial charge in [0, 0.05) is 11.3 Å². The molecule has 0 aromatic carbocycles. The summed E-state index contributed by atoms with van der Waals surface area (Å²) in [5.41, 5.74) is 7.74. The van der Waals surface area contributed by atoms with Gasteiger partial charge < -0.3 is 10.2 Å². The van der Waals surface area contributed by atoms with Gasteiger partial charge in [-0.25, -0.2) is 0 Å². The first-order valence-electron chi connectivity index (χ1n) is 13.2. The maximum atomic E-state index is 12.9. The molecule has 2 nitrogen and oxygen atoms in total. The molecule has 6 bridgehead atoms. The second kappa shape index (κ2) is 5.68. The van der Waals surface area contributed by atoms with Crippen LogP contribution in [-0.4, -0.2) is 21.9 Å². The van der Waals surface area contributed by atoms with Crippen LogP contribution in [-0.2, 0) is 0 Å². The predicted molar refractivity (Wildman–Crippen MR) is 130 cm³/mol. The summed E-state index contributed by atoms with van der Waals surface area (Å²) in [4.78, 5) is 0. The van der Waals surface area contributed by atoms with E-state index in [-0.39, 0.29) is 22.2 Å². The standard InChI is InChI=1S/C30H44O2/c1-15-20-10-18(26(20,4)5)11-21(15)29(14-19-12-22(16(29)2)27(19,6)7)30(32)17(3)23-13-24(25(30)31)28(23,8)9/h18-19,21,24-25,31-32H,10-14H2,1-9H3. The van der Waals surface area contributed by atoms with E-state index in [2.05, 4.69) is 62.3 Å². The molecule has 0 saturated heterocycles. The van der Waals surface area contributed by atoms with Gasteiger partial charge in [0.1, 0.15) is 5.60 Å². The van der Waals surface area contributed by atoms with Crippen LogP contribution in [0.25, 0.3) is 0 Å². The Hall–Kier alpha value is -0.860. The number of allylic oxidation sites excluding steroid dienone is 4. The van der Waals surface area contributed by atoms with Crippen LogP contribution >= 0.6 is 0 Å². The van der Waals surface area contributed by atoms with Crippen LogP contribution in [0.3, 0.4) is 0 Å². The third-order valence-electron chi connectivity index (χ3n) is 12.9. The number of fused-ring (bicyclic) bond motifs is 8. The lowest BCUT2D eigenvalue weighted by Gasteiger charge is -2.72. The fraction of sp³-hybridized carbons (Fsp3) is 0.800. The smallest absolute Gasteiger partial charge is 0.122 e. The average Bonchev–Trinajstić information content (AvgIpc) is 2.70. The fourth-order valence-electron chi connectivity index (χ4n) is 10.2. The minimum absolute atomic E-state index is 0.0129. The van der Waals surface area contributed by atoms with Crippen molar-refractivity contribution in [1.82, 2.24) is 0 Å². The Balaban J connectivity index is 1.62. The monoisotopic (exact) mass is 436 g/mol. The zero-order valence-electron chi connectivity index (χ0n) is 21.8. The predicted octanol–water partition coefficient (Wildman–Crippen LogP) is 6.59. The first-order valence-corrected chi connectivity index (χ1v) is 13.2. The first-order chi connectivity index (χ1) is 14.6. The van der Waals surface area contributed by atoms with Crippen LogP contribution in [0.5, 0.6) is 0 Å². The molecular formula is C30H44O2. The van der Waals surface area contributed by atoms with Gasteiger partial charge in [0.25, 0.3) is 0 Å². The third kappa shape index (κ3) is 1.94. The summed E-state index contributed by atoms with van der Waals surface area (Å²) in [5.74, 6) is 1.81. The minimum Gasteiger partial charge on any atom is -0.389 e. The molecule has 32 heavy (non-hydrogen) atoms. The highest BCUT2D eigenvalue weighted by molar-refractivity contribution is 5.53. The van der Waals surface area contributed by atoms with Crippen molar-refractivity contribution in [2.45, 2.75) is 106 Å². The quantitative estimate of drug-likeness (QED) is 0.479. The molecule has 2 heteroatoms. The van der Waals surface area contributed by atoms with Crippen molar-refractivity contribution in [1.29, 1.82) is 0 Å². The molecule has 0 amide bonds. The fourth-order valence-corrected chi connectivity index (χ4v) is 10.2. The lowest BCUT2D eigenvalue weighted by atomic mass is 9.34. The molecule has 9 aliphatic rings. The van der Waals surface area contributed by atoms with Gasteiger partial charge in [-0.05, 0) is 92.4 Å². The van der Waals surface area contributed by atoms with Crippen LogP contribution in [0.1, 0.15) is 94.4 Å². The van der Waals surface area contributed by atoms with Crippen molar-refractivity contribution in [3.05, 3.63) is 33.4 Å². The lowest BCUT2D eigenvalue weighted by molar-refractivity contribution is -0.212. The Kier molecular flexibility index (Phi) is 3.84. The summed E-state index contributed by atoms with van der Waals surface area (Å²) in [6.45, 7) is 21.1. The molecular weight excluding hydrogens is 392 g/mol. The molecule has 9 rings (SSSR count). The highest BCUT2D eigenvalue weighted by atomic mass is 16.3. The second-order valence-corrected chi connectivity index (χ2v) is 14.3. The Morgan fingerprint density at radius 3 is 1.75 bits per heavy atom. The Morgan fingerprint density at radius 1 is 0.719 bits per heavy atom. The topological polar surface area (TPSA) is 40.5 Å². The molecule has 2 N–H and O–H groups in total. The Labute approximate surface area is 195 Å². The van der Waals surface area contributed by atoms with Crippen LogP contribution < -0.4 is 0 Å². The summed E-state index contributed by atoms with van der Waals surface area (Å²) in [7, 11) is 0. The highest BCUT2D eigenvalue weighted by Gasteiger charge is 2.73. The zero-order chi connectivity index (χ0) is 23.4. The van der Waals surface area contributed by atoms with Crippen LogP contribution in [0, 0.1) is 45.3 Å². The van der Waals surface area contributed by atoms with Crippen molar-refractivity contribution in [3.63, 3.8) is 0 Å². The molecule has 7 atom stereocenters. The number of hydrogen-bond acceptors (Lipinski definition) is 2. The Morgan fingerprint density at radius 2 is 1.28 bits per heavy atom. The van der Waals surface area contributed by atoms with E-state index in [1.807, 2.05) is 0 Å². The van der Waals surface area contributed by atoms with E-state index in [1.165, 1.54) is 29.6 Å². The van der Waals surface area contributed by atoms with E-state index in [0.29, 0.717) is 23.2 Å². The van der Waals surface area contributed by atoms with Crippen molar-refractivity contribution in [3.8, 4) is 0 Å². The van der Waals surface area contributed by atoms with E-state index in [0.717, 1.165) is 24.8 Å². The molecule has 0 aliphatic heterocycles. The van der Waals surface area contributed by atoms with Crippen LogP contribution in [0.2, 0.25) is 0 Å². The molecule has 9 aliphatic carbocycles. The van der Waals surface area contributed by atoms with Crippen molar-refractivity contribution < 1.29 is 10.2 Å². The molecule has 3 saturated carbocycles. The summed E-state index contributed by atoms with van der Waals surface area (Å²) in [6, 6.07) is 0. The van der Waals surface area contributed by atoms with Crippen molar-refractivity contribution in [2.75, 3.05) is 0 Å². The minimum atomic E-state index is -1.15. The summed E-state index contributed by atoms with van der Waals surface area (Å²) in [6.07, 6.45) is 4.88. The van der Waals surface area contributed by atoms with Gasteiger partial charge in [-0.3, -0.25) is 0 Å². The maximum Gasteiger partial charge on any atom is 0.122 e. The van der Waals surface area contributed by atoms with E-state index >= 15 is 0 Å².